The lowest BCUT2D eigenvalue weighted by Gasteiger charge is -2.25. The van der Waals surface area contributed by atoms with Crippen LogP contribution in [0.1, 0.15) is 6.42 Å². The van der Waals surface area contributed by atoms with Gasteiger partial charge in [-0.3, -0.25) is 4.79 Å². The van der Waals surface area contributed by atoms with Crippen LogP contribution in [0.15, 0.2) is 30.3 Å². The molecule has 1 fully saturated rings. The molecule has 6 nitrogen and oxygen atoms in total. The summed E-state index contributed by atoms with van der Waals surface area (Å²) in [4.78, 5) is 11.7. The number of sulfonamides is 1. The monoisotopic (exact) mass is 298 g/mol. The predicted octanol–water partition coefficient (Wildman–Crippen LogP) is 0.677. The maximum absolute atomic E-state index is 12.0. The molecule has 1 N–H and O–H groups in total. The number of carbonyl (C=O) groups is 1. The van der Waals surface area contributed by atoms with Crippen LogP contribution < -0.4 is 5.32 Å². The van der Waals surface area contributed by atoms with Crippen LogP contribution >= 0.6 is 0 Å². The number of benzene rings is 1. The van der Waals surface area contributed by atoms with E-state index >= 15 is 0 Å². The maximum Gasteiger partial charge on any atom is 0.225 e. The molecule has 1 aliphatic rings. The van der Waals surface area contributed by atoms with Crippen LogP contribution in [0.5, 0.6) is 0 Å². The van der Waals surface area contributed by atoms with Crippen LogP contribution in [-0.4, -0.2) is 50.7 Å². The topological polar surface area (TPSA) is 75.7 Å². The number of hydrogen-bond acceptors (Lipinski definition) is 4. The molecule has 1 aliphatic heterocycles. The zero-order valence-electron chi connectivity index (χ0n) is 11.1. The third kappa shape index (κ3) is 4.29. The highest BCUT2D eigenvalue weighted by atomic mass is 32.2. The lowest BCUT2D eigenvalue weighted by molar-refractivity contribution is -0.115. The molecule has 1 aromatic carbocycles. The molecule has 0 aliphatic carbocycles. The number of anilines is 1. The lowest BCUT2D eigenvalue weighted by Crippen LogP contribution is -2.42. The summed E-state index contributed by atoms with van der Waals surface area (Å²) in [5.74, 6) is -0.473. The van der Waals surface area contributed by atoms with Gasteiger partial charge in [0.2, 0.25) is 15.9 Å². The van der Waals surface area contributed by atoms with Crippen molar-refractivity contribution in [2.45, 2.75) is 6.42 Å². The van der Waals surface area contributed by atoms with E-state index < -0.39 is 10.0 Å². The van der Waals surface area contributed by atoms with Gasteiger partial charge in [0.05, 0.1) is 19.0 Å². The Labute approximate surface area is 118 Å². The normalized spacial score (nSPS) is 16.8. The molecule has 1 amide bonds. The molecule has 110 valence electrons. The van der Waals surface area contributed by atoms with Crippen LogP contribution in [0.3, 0.4) is 0 Å². The Hall–Kier alpha value is -1.44. The second-order valence-corrected chi connectivity index (χ2v) is 6.58. The molecular weight excluding hydrogens is 280 g/mol. The standard InChI is InChI=1S/C13H18N2O4S/c16-13(14-12-4-2-1-3-5-12)6-11-20(17,18)15-7-9-19-10-8-15/h1-5H,6-11H2,(H,14,16). The van der Waals surface area contributed by atoms with Crippen molar-refractivity contribution in [3.8, 4) is 0 Å². The Bertz CT molecular complexity index is 539. The minimum absolute atomic E-state index is 0.0470. The molecule has 1 saturated heterocycles. The van der Waals surface area contributed by atoms with E-state index in [1.54, 1.807) is 24.3 Å². The van der Waals surface area contributed by atoms with Gasteiger partial charge in [0.15, 0.2) is 0 Å². The van der Waals surface area contributed by atoms with Crippen molar-refractivity contribution >= 4 is 21.6 Å². The maximum atomic E-state index is 12.0. The Balaban J connectivity index is 1.83. The largest absolute Gasteiger partial charge is 0.379 e. The number of para-hydroxylation sites is 1. The summed E-state index contributed by atoms with van der Waals surface area (Å²) < 4.78 is 30.6. The number of rotatable bonds is 5. The second kappa shape index (κ2) is 6.83. The Morgan fingerprint density at radius 3 is 2.50 bits per heavy atom. The van der Waals surface area contributed by atoms with Gasteiger partial charge in [0.25, 0.3) is 0 Å². The van der Waals surface area contributed by atoms with Gasteiger partial charge in [-0.05, 0) is 12.1 Å². The number of morpholine rings is 1. The van der Waals surface area contributed by atoms with Crippen LogP contribution in [0.2, 0.25) is 0 Å². The third-order valence-corrected chi connectivity index (χ3v) is 4.88. The predicted molar refractivity (Wildman–Crippen MR) is 75.9 cm³/mol. The highest BCUT2D eigenvalue weighted by molar-refractivity contribution is 7.89. The molecule has 0 saturated carbocycles. The smallest absolute Gasteiger partial charge is 0.225 e. The van der Waals surface area contributed by atoms with E-state index in [4.69, 9.17) is 4.74 Å². The molecule has 2 rings (SSSR count). The number of amides is 1. The van der Waals surface area contributed by atoms with Crippen molar-refractivity contribution in [2.75, 3.05) is 37.4 Å². The lowest BCUT2D eigenvalue weighted by atomic mass is 10.3. The van der Waals surface area contributed by atoms with Crippen LogP contribution in [0.4, 0.5) is 5.69 Å². The number of nitrogens with one attached hydrogen (secondary N) is 1. The summed E-state index contributed by atoms with van der Waals surface area (Å²) in [5, 5.41) is 2.67. The molecule has 0 atom stereocenters. The van der Waals surface area contributed by atoms with Gasteiger partial charge in [0, 0.05) is 25.2 Å². The van der Waals surface area contributed by atoms with Crippen molar-refractivity contribution < 1.29 is 17.9 Å². The van der Waals surface area contributed by atoms with Gasteiger partial charge in [0.1, 0.15) is 0 Å². The van der Waals surface area contributed by atoms with Gasteiger partial charge in [-0.15, -0.1) is 0 Å². The van der Waals surface area contributed by atoms with Crippen LogP contribution in [-0.2, 0) is 19.6 Å². The van der Waals surface area contributed by atoms with Crippen molar-refractivity contribution in [1.82, 2.24) is 4.31 Å². The van der Waals surface area contributed by atoms with Crippen molar-refractivity contribution in [3.05, 3.63) is 30.3 Å². The quantitative estimate of drug-likeness (QED) is 0.867. The minimum Gasteiger partial charge on any atom is -0.379 e. The zero-order chi connectivity index (χ0) is 14.4. The van der Waals surface area contributed by atoms with E-state index in [2.05, 4.69) is 5.32 Å². The number of hydrogen-bond donors (Lipinski definition) is 1. The van der Waals surface area contributed by atoms with E-state index in [0.717, 1.165) is 0 Å². The Morgan fingerprint density at radius 1 is 1.20 bits per heavy atom. The van der Waals surface area contributed by atoms with Gasteiger partial charge in [-0.1, -0.05) is 18.2 Å². The van der Waals surface area contributed by atoms with E-state index in [1.807, 2.05) is 6.07 Å². The first-order valence-electron chi connectivity index (χ1n) is 6.48. The van der Waals surface area contributed by atoms with Gasteiger partial charge in [-0.2, -0.15) is 4.31 Å². The van der Waals surface area contributed by atoms with E-state index in [0.29, 0.717) is 32.0 Å². The first-order valence-corrected chi connectivity index (χ1v) is 8.09. The fourth-order valence-electron chi connectivity index (χ4n) is 1.92. The average molecular weight is 298 g/mol. The van der Waals surface area contributed by atoms with Crippen molar-refractivity contribution in [3.63, 3.8) is 0 Å². The molecule has 20 heavy (non-hydrogen) atoms. The highest BCUT2D eigenvalue weighted by Gasteiger charge is 2.24. The van der Waals surface area contributed by atoms with Gasteiger partial charge >= 0.3 is 0 Å². The van der Waals surface area contributed by atoms with Gasteiger partial charge < -0.3 is 10.1 Å². The summed E-state index contributed by atoms with van der Waals surface area (Å²) >= 11 is 0. The van der Waals surface area contributed by atoms with E-state index in [-0.39, 0.29) is 18.1 Å². The summed E-state index contributed by atoms with van der Waals surface area (Å²) in [7, 11) is -3.38. The highest BCUT2D eigenvalue weighted by Crippen LogP contribution is 2.09. The minimum atomic E-state index is -3.38. The average Bonchev–Trinajstić information content (AvgIpc) is 2.47. The molecule has 1 aromatic rings. The summed E-state index contributed by atoms with van der Waals surface area (Å²) in [6.07, 6.45) is -0.0470. The van der Waals surface area contributed by atoms with E-state index in [1.165, 1.54) is 4.31 Å². The summed E-state index contributed by atoms with van der Waals surface area (Å²) in [5.41, 5.74) is 0.668. The third-order valence-electron chi connectivity index (χ3n) is 3.01. The molecular formula is C13H18N2O4S. The molecule has 0 unspecified atom stereocenters. The molecule has 0 radical (unpaired) electrons. The van der Waals surface area contributed by atoms with Crippen LogP contribution in [0, 0.1) is 0 Å². The van der Waals surface area contributed by atoms with Crippen molar-refractivity contribution in [2.24, 2.45) is 0 Å². The molecule has 0 spiro atoms. The molecule has 1 heterocycles. The number of carbonyl (C=O) groups excluding carboxylic acids is 1. The molecule has 7 heteroatoms. The fraction of sp³-hybridized carbons (Fsp3) is 0.462. The van der Waals surface area contributed by atoms with Gasteiger partial charge in [-0.25, -0.2) is 8.42 Å². The fourth-order valence-corrected chi connectivity index (χ4v) is 3.33. The number of ether oxygens (including phenoxy) is 1. The molecule has 0 aromatic heterocycles. The first kappa shape index (κ1) is 15.0. The Kier molecular flexibility index (Phi) is 5.11. The second-order valence-electron chi connectivity index (χ2n) is 4.49. The summed E-state index contributed by atoms with van der Waals surface area (Å²) in [6.45, 7) is 1.55. The SMILES string of the molecule is O=C(CCS(=O)(=O)N1CCOCC1)Nc1ccccc1. The van der Waals surface area contributed by atoms with Crippen molar-refractivity contribution in [1.29, 1.82) is 0 Å². The summed E-state index contributed by atoms with van der Waals surface area (Å²) in [6, 6.07) is 8.97. The van der Waals surface area contributed by atoms with E-state index in [9.17, 15) is 13.2 Å². The van der Waals surface area contributed by atoms with Crippen LogP contribution in [0.25, 0.3) is 0 Å². The molecule has 0 bridgehead atoms. The number of nitrogens with zero attached hydrogens (tertiary/aromatic N) is 1. The zero-order valence-corrected chi connectivity index (χ0v) is 11.9. The Morgan fingerprint density at radius 2 is 1.85 bits per heavy atom. The first-order chi connectivity index (χ1) is 9.58.